The predicted molar refractivity (Wildman–Crippen MR) is 87.5 cm³/mol. The van der Waals surface area contributed by atoms with Gasteiger partial charge >= 0.3 is 6.03 Å². The standard InChI is InChI=1S/C17H20FN3O3/c1-12(11-24-15-5-3-14(18)4-6-15)21-17(22)20-10-13-7-8-19-16(9-13)23-2/h3-9,12H,10-11H2,1-2H3,(H2,20,21,22). The molecule has 2 N–H and O–H groups in total. The molecule has 0 aliphatic heterocycles. The minimum atomic E-state index is -0.319. The first kappa shape index (κ1) is 17.5. The summed E-state index contributed by atoms with van der Waals surface area (Å²) in [6.07, 6.45) is 1.62. The number of urea groups is 1. The van der Waals surface area contributed by atoms with Crippen LogP contribution < -0.4 is 20.1 Å². The molecule has 0 saturated heterocycles. The number of pyridine rings is 1. The summed E-state index contributed by atoms with van der Waals surface area (Å²) in [4.78, 5) is 15.9. The van der Waals surface area contributed by atoms with Gasteiger partial charge in [0.15, 0.2) is 0 Å². The number of carbonyl (C=O) groups is 1. The van der Waals surface area contributed by atoms with Crippen LogP contribution in [0.4, 0.5) is 9.18 Å². The van der Waals surface area contributed by atoms with Crippen LogP contribution in [0.3, 0.4) is 0 Å². The lowest BCUT2D eigenvalue weighted by molar-refractivity contribution is 0.226. The van der Waals surface area contributed by atoms with E-state index in [1.165, 1.54) is 19.2 Å². The average molecular weight is 333 g/mol. The first-order valence-corrected chi connectivity index (χ1v) is 7.48. The number of methoxy groups -OCH3 is 1. The van der Waals surface area contributed by atoms with E-state index < -0.39 is 0 Å². The number of benzene rings is 1. The Labute approximate surface area is 140 Å². The number of rotatable bonds is 7. The molecule has 0 fully saturated rings. The van der Waals surface area contributed by atoms with Crippen molar-refractivity contribution >= 4 is 6.03 Å². The van der Waals surface area contributed by atoms with Crippen LogP contribution in [-0.4, -0.2) is 30.8 Å². The molecule has 7 heteroatoms. The second kappa shape index (κ2) is 8.71. The molecular formula is C17H20FN3O3. The molecule has 6 nitrogen and oxygen atoms in total. The fraction of sp³-hybridized carbons (Fsp3) is 0.294. The highest BCUT2D eigenvalue weighted by atomic mass is 19.1. The number of nitrogens with one attached hydrogen (secondary N) is 2. The van der Waals surface area contributed by atoms with Crippen LogP contribution in [-0.2, 0) is 6.54 Å². The molecule has 1 aromatic carbocycles. The fourth-order valence-corrected chi connectivity index (χ4v) is 1.92. The van der Waals surface area contributed by atoms with Gasteiger partial charge in [0.1, 0.15) is 18.2 Å². The van der Waals surface area contributed by atoms with Gasteiger partial charge in [0, 0.05) is 18.8 Å². The Kier molecular flexibility index (Phi) is 6.36. The van der Waals surface area contributed by atoms with E-state index in [1.807, 2.05) is 6.92 Å². The number of ether oxygens (including phenoxy) is 2. The lowest BCUT2D eigenvalue weighted by Crippen LogP contribution is -2.43. The Morgan fingerprint density at radius 2 is 2.04 bits per heavy atom. The zero-order valence-corrected chi connectivity index (χ0v) is 13.6. The summed E-state index contributed by atoms with van der Waals surface area (Å²) in [6, 6.07) is 8.76. The maximum Gasteiger partial charge on any atom is 0.315 e. The molecule has 0 bridgehead atoms. The largest absolute Gasteiger partial charge is 0.491 e. The first-order valence-electron chi connectivity index (χ1n) is 7.48. The van der Waals surface area contributed by atoms with E-state index >= 15 is 0 Å². The zero-order valence-electron chi connectivity index (χ0n) is 13.6. The summed E-state index contributed by atoms with van der Waals surface area (Å²) in [5.41, 5.74) is 0.882. The van der Waals surface area contributed by atoms with E-state index in [9.17, 15) is 9.18 Å². The van der Waals surface area contributed by atoms with Crippen molar-refractivity contribution in [3.63, 3.8) is 0 Å². The molecule has 1 heterocycles. The highest BCUT2D eigenvalue weighted by molar-refractivity contribution is 5.74. The van der Waals surface area contributed by atoms with E-state index in [2.05, 4.69) is 15.6 Å². The Bertz CT molecular complexity index is 664. The molecule has 0 saturated carbocycles. The maximum absolute atomic E-state index is 12.8. The lowest BCUT2D eigenvalue weighted by atomic mass is 10.2. The average Bonchev–Trinajstić information content (AvgIpc) is 2.59. The number of nitrogens with zero attached hydrogens (tertiary/aromatic N) is 1. The van der Waals surface area contributed by atoms with Crippen LogP contribution in [0.5, 0.6) is 11.6 Å². The minimum absolute atomic E-state index is 0.206. The monoisotopic (exact) mass is 333 g/mol. The van der Waals surface area contributed by atoms with E-state index in [0.717, 1.165) is 5.56 Å². The summed E-state index contributed by atoms with van der Waals surface area (Å²) in [7, 11) is 1.54. The third-order valence-electron chi connectivity index (χ3n) is 3.15. The minimum Gasteiger partial charge on any atom is -0.491 e. The fourth-order valence-electron chi connectivity index (χ4n) is 1.92. The molecule has 1 atom stereocenters. The van der Waals surface area contributed by atoms with Gasteiger partial charge < -0.3 is 20.1 Å². The van der Waals surface area contributed by atoms with E-state index in [4.69, 9.17) is 9.47 Å². The number of hydrogen-bond donors (Lipinski definition) is 2. The van der Waals surface area contributed by atoms with Gasteiger partial charge in [-0.05, 0) is 42.8 Å². The molecule has 0 spiro atoms. The van der Waals surface area contributed by atoms with E-state index in [1.54, 1.807) is 30.5 Å². The van der Waals surface area contributed by atoms with Crippen molar-refractivity contribution in [1.82, 2.24) is 15.6 Å². The van der Waals surface area contributed by atoms with Crippen LogP contribution >= 0.6 is 0 Å². The normalized spacial score (nSPS) is 11.5. The molecule has 2 amide bonds. The van der Waals surface area contributed by atoms with Crippen molar-refractivity contribution in [2.75, 3.05) is 13.7 Å². The summed E-state index contributed by atoms with van der Waals surface area (Å²) in [6.45, 7) is 2.46. The second-order valence-electron chi connectivity index (χ2n) is 5.20. The predicted octanol–water partition coefficient (Wildman–Crippen LogP) is 2.50. The zero-order chi connectivity index (χ0) is 17.4. The second-order valence-corrected chi connectivity index (χ2v) is 5.20. The summed E-state index contributed by atoms with van der Waals surface area (Å²) in [5.74, 6) is 0.728. The molecule has 1 unspecified atom stereocenters. The number of aromatic nitrogens is 1. The van der Waals surface area contributed by atoms with Crippen LogP contribution in [0.2, 0.25) is 0 Å². The van der Waals surface area contributed by atoms with E-state index in [0.29, 0.717) is 18.2 Å². The van der Waals surface area contributed by atoms with Gasteiger partial charge in [-0.25, -0.2) is 14.2 Å². The van der Waals surface area contributed by atoms with Gasteiger partial charge in [-0.3, -0.25) is 0 Å². The molecular weight excluding hydrogens is 313 g/mol. The molecule has 1 aromatic heterocycles. The summed E-state index contributed by atoms with van der Waals surface area (Å²) in [5, 5.41) is 5.51. The van der Waals surface area contributed by atoms with Crippen LogP contribution in [0.1, 0.15) is 12.5 Å². The Morgan fingerprint density at radius 3 is 2.75 bits per heavy atom. The number of halogens is 1. The number of amides is 2. The molecule has 2 aromatic rings. The number of hydrogen-bond acceptors (Lipinski definition) is 4. The Hall–Kier alpha value is -2.83. The van der Waals surface area contributed by atoms with Crippen molar-refractivity contribution < 1.29 is 18.7 Å². The van der Waals surface area contributed by atoms with Gasteiger partial charge in [-0.2, -0.15) is 0 Å². The van der Waals surface area contributed by atoms with Crippen LogP contribution in [0, 0.1) is 5.82 Å². The SMILES string of the molecule is COc1cc(CNC(=O)NC(C)COc2ccc(F)cc2)ccn1. The van der Waals surface area contributed by atoms with Crippen molar-refractivity contribution in [3.8, 4) is 11.6 Å². The van der Waals surface area contributed by atoms with Crippen molar-refractivity contribution in [2.45, 2.75) is 19.5 Å². The lowest BCUT2D eigenvalue weighted by Gasteiger charge is -2.15. The van der Waals surface area contributed by atoms with Crippen LogP contribution in [0.15, 0.2) is 42.6 Å². The van der Waals surface area contributed by atoms with Gasteiger partial charge in [0.05, 0.1) is 13.2 Å². The smallest absolute Gasteiger partial charge is 0.315 e. The molecule has 128 valence electrons. The first-order chi connectivity index (χ1) is 11.6. The van der Waals surface area contributed by atoms with Crippen molar-refractivity contribution in [2.24, 2.45) is 0 Å². The number of carbonyl (C=O) groups excluding carboxylic acids is 1. The van der Waals surface area contributed by atoms with Crippen molar-refractivity contribution in [1.29, 1.82) is 0 Å². The van der Waals surface area contributed by atoms with E-state index in [-0.39, 0.29) is 24.5 Å². The third kappa shape index (κ3) is 5.75. The van der Waals surface area contributed by atoms with Gasteiger partial charge in [0.25, 0.3) is 0 Å². The highest BCUT2D eigenvalue weighted by Gasteiger charge is 2.08. The van der Waals surface area contributed by atoms with Gasteiger partial charge in [-0.1, -0.05) is 0 Å². The summed E-state index contributed by atoms with van der Waals surface area (Å²) >= 11 is 0. The Morgan fingerprint density at radius 1 is 1.29 bits per heavy atom. The summed E-state index contributed by atoms with van der Waals surface area (Å²) < 4.78 is 23.3. The Balaban J connectivity index is 1.71. The molecule has 0 aliphatic rings. The molecule has 0 radical (unpaired) electrons. The van der Waals surface area contributed by atoms with Crippen LogP contribution in [0.25, 0.3) is 0 Å². The topological polar surface area (TPSA) is 72.5 Å². The molecule has 24 heavy (non-hydrogen) atoms. The third-order valence-corrected chi connectivity index (χ3v) is 3.15. The molecule has 0 aliphatic carbocycles. The van der Waals surface area contributed by atoms with Gasteiger partial charge in [0.2, 0.25) is 5.88 Å². The highest BCUT2D eigenvalue weighted by Crippen LogP contribution is 2.11. The van der Waals surface area contributed by atoms with Crippen molar-refractivity contribution in [3.05, 3.63) is 54.0 Å². The quantitative estimate of drug-likeness (QED) is 0.816. The molecule has 2 rings (SSSR count). The van der Waals surface area contributed by atoms with Gasteiger partial charge in [-0.15, -0.1) is 0 Å². The maximum atomic E-state index is 12.8.